The van der Waals surface area contributed by atoms with E-state index in [0.717, 1.165) is 36.6 Å². The highest BCUT2D eigenvalue weighted by Gasteiger charge is 2.28. The molecule has 6 heteroatoms. The van der Waals surface area contributed by atoms with Gasteiger partial charge in [-0.15, -0.1) is 0 Å². The van der Waals surface area contributed by atoms with Crippen molar-refractivity contribution < 1.29 is 13.9 Å². The molecule has 0 spiro atoms. The van der Waals surface area contributed by atoms with Crippen LogP contribution in [0.25, 0.3) is 11.0 Å². The molecule has 1 aromatic carbocycles. The minimum Gasteiger partial charge on any atom is -0.482 e. The Balaban J connectivity index is 1.71. The normalized spacial score (nSPS) is 22.2. The first-order valence-corrected chi connectivity index (χ1v) is 10.4. The molecule has 1 N–H and O–H groups in total. The van der Waals surface area contributed by atoms with Crippen LogP contribution >= 0.6 is 11.6 Å². The highest BCUT2D eigenvalue weighted by molar-refractivity contribution is 6.32. The van der Waals surface area contributed by atoms with Crippen LogP contribution in [0.1, 0.15) is 52.0 Å². The largest absolute Gasteiger partial charge is 0.482 e. The van der Waals surface area contributed by atoms with Gasteiger partial charge in [0.2, 0.25) is 0 Å². The van der Waals surface area contributed by atoms with Gasteiger partial charge in [-0.2, -0.15) is 0 Å². The van der Waals surface area contributed by atoms with Crippen molar-refractivity contribution in [1.29, 1.82) is 0 Å². The van der Waals surface area contributed by atoms with Crippen LogP contribution in [0.5, 0.6) is 5.75 Å². The first-order chi connectivity index (χ1) is 13.4. The van der Waals surface area contributed by atoms with E-state index in [4.69, 9.17) is 20.8 Å². The van der Waals surface area contributed by atoms with Crippen LogP contribution in [0.4, 0.5) is 0 Å². The van der Waals surface area contributed by atoms with Gasteiger partial charge in [-0.1, -0.05) is 51.6 Å². The molecule has 3 atom stereocenters. The van der Waals surface area contributed by atoms with Crippen LogP contribution in [-0.4, -0.2) is 18.6 Å². The first-order valence-electron chi connectivity index (χ1n) is 10.1. The van der Waals surface area contributed by atoms with Gasteiger partial charge in [-0.3, -0.25) is 4.79 Å². The van der Waals surface area contributed by atoms with E-state index in [-0.39, 0.29) is 18.6 Å². The van der Waals surface area contributed by atoms with Crippen LogP contribution in [0.2, 0.25) is 5.02 Å². The number of amides is 1. The highest BCUT2D eigenvalue weighted by atomic mass is 35.5. The van der Waals surface area contributed by atoms with Gasteiger partial charge in [0, 0.05) is 23.6 Å². The highest BCUT2D eigenvalue weighted by Crippen LogP contribution is 2.32. The Labute approximate surface area is 170 Å². The molecule has 1 saturated carbocycles. The lowest BCUT2D eigenvalue weighted by Gasteiger charge is -2.34. The fraction of sp³-hybridized carbons (Fsp3) is 0.545. The smallest absolute Gasteiger partial charge is 0.336 e. The summed E-state index contributed by atoms with van der Waals surface area (Å²) in [6.45, 7) is 6.34. The number of rotatable bonds is 6. The van der Waals surface area contributed by atoms with E-state index in [9.17, 15) is 9.59 Å². The minimum absolute atomic E-state index is 0.123. The number of ether oxygens (including phenoxy) is 1. The summed E-state index contributed by atoms with van der Waals surface area (Å²) in [5.41, 5.74) is 0.924. The second kappa shape index (κ2) is 8.99. The summed E-state index contributed by atoms with van der Waals surface area (Å²) in [5, 5.41) is 4.27. The van der Waals surface area contributed by atoms with Crippen LogP contribution < -0.4 is 15.7 Å². The van der Waals surface area contributed by atoms with Crippen molar-refractivity contribution in [3.05, 3.63) is 39.2 Å². The maximum atomic E-state index is 12.4. The molecule has 1 heterocycles. The molecule has 0 radical (unpaired) electrons. The monoisotopic (exact) mass is 405 g/mol. The lowest BCUT2D eigenvalue weighted by atomic mass is 9.78. The van der Waals surface area contributed by atoms with Crippen LogP contribution in [0.15, 0.2) is 27.4 Å². The standard InChI is InChI=1S/C22H28ClNO4/c1-4-6-15-9-22(26)28-19-11-20(17(23)10-16(15)19)27-12-21(25)24-18-8-5-7-13(2)14(18)3/h9-11,13-14,18H,4-8,12H2,1-3H3,(H,24,25). The van der Waals surface area contributed by atoms with E-state index < -0.39 is 5.63 Å². The predicted octanol–water partition coefficient (Wildman–Crippen LogP) is 4.72. The molecule has 3 unspecified atom stereocenters. The zero-order valence-electron chi connectivity index (χ0n) is 16.7. The van der Waals surface area contributed by atoms with Gasteiger partial charge in [0.15, 0.2) is 6.61 Å². The molecule has 28 heavy (non-hydrogen) atoms. The summed E-state index contributed by atoms with van der Waals surface area (Å²) in [5.74, 6) is 1.23. The fourth-order valence-corrected chi connectivity index (χ4v) is 4.21. The number of fused-ring (bicyclic) bond motifs is 1. The zero-order chi connectivity index (χ0) is 20.3. The van der Waals surface area contributed by atoms with Crippen LogP contribution in [0, 0.1) is 11.8 Å². The number of aryl methyl sites for hydroxylation is 1. The number of hydrogen-bond donors (Lipinski definition) is 1. The first kappa shape index (κ1) is 20.7. The Bertz CT molecular complexity index is 907. The summed E-state index contributed by atoms with van der Waals surface area (Å²) >= 11 is 6.36. The van der Waals surface area contributed by atoms with Crippen molar-refractivity contribution in [3.8, 4) is 5.75 Å². The molecule has 1 aliphatic rings. The van der Waals surface area contributed by atoms with Gasteiger partial charge < -0.3 is 14.5 Å². The quantitative estimate of drug-likeness (QED) is 0.706. The van der Waals surface area contributed by atoms with Crippen molar-refractivity contribution in [2.24, 2.45) is 11.8 Å². The Hall–Kier alpha value is -2.01. The van der Waals surface area contributed by atoms with E-state index in [1.165, 1.54) is 12.5 Å². The Morgan fingerprint density at radius 1 is 1.29 bits per heavy atom. The molecule has 1 aliphatic carbocycles. The van der Waals surface area contributed by atoms with Crippen molar-refractivity contribution in [2.45, 2.75) is 58.9 Å². The molecule has 0 aliphatic heterocycles. The predicted molar refractivity (Wildman–Crippen MR) is 111 cm³/mol. The number of nitrogens with one attached hydrogen (secondary N) is 1. The van der Waals surface area contributed by atoms with Crippen molar-refractivity contribution in [1.82, 2.24) is 5.32 Å². The number of carbonyl (C=O) groups is 1. The number of carbonyl (C=O) groups excluding carboxylic acids is 1. The Morgan fingerprint density at radius 3 is 2.82 bits per heavy atom. The topological polar surface area (TPSA) is 68.5 Å². The van der Waals surface area contributed by atoms with E-state index >= 15 is 0 Å². The molecule has 2 aromatic rings. The summed E-state index contributed by atoms with van der Waals surface area (Å²) < 4.78 is 10.9. The average molecular weight is 406 g/mol. The number of hydrogen-bond acceptors (Lipinski definition) is 4. The molecule has 5 nitrogen and oxygen atoms in total. The van der Waals surface area contributed by atoms with Crippen LogP contribution in [0.3, 0.4) is 0 Å². The molecular weight excluding hydrogens is 378 g/mol. The molecule has 0 bridgehead atoms. The maximum absolute atomic E-state index is 12.4. The lowest BCUT2D eigenvalue weighted by Crippen LogP contribution is -2.45. The molecule has 1 aromatic heterocycles. The molecule has 0 saturated heterocycles. The van der Waals surface area contributed by atoms with E-state index in [0.29, 0.717) is 28.2 Å². The average Bonchev–Trinajstić information content (AvgIpc) is 2.64. The van der Waals surface area contributed by atoms with Gasteiger partial charge in [0.25, 0.3) is 5.91 Å². The molecule has 1 fully saturated rings. The van der Waals surface area contributed by atoms with Gasteiger partial charge in [-0.05, 0) is 36.3 Å². The third-order valence-electron chi connectivity index (χ3n) is 5.81. The molecular formula is C22H28ClNO4. The SMILES string of the molecule is CCCc1cc(=O)oc2cc(OCC(=O)NC3CCCC(C)C3C)c(Cl)cc12. The second-order valence-corrected chi connectivity index (χ2v) is 8.26. The third kappa shape index (κ3) is 4.69. The summed E-state index contributed by atoms with van der Waals surface area (Å²) in [6.07, 6.45) is 5.01. The second-order valence-electron chi connectivity index (χ2n) is 7.85. The van der Waals surface area contributed by atoms with Crippen LogP contribution in [-0.2, 0) is 11.2 Å². The fourth-order valence-electron chi connectivity index (χ4n) is 3.99. The summed E-state index contributed by atoms with van der Waals surface area (Å²) in [7, 11) is 0. The maximum Gasteiger partial charge on any atom is 0.336 e. The van der Waals surface area contributed by atoms with E-state index in [1.54, 1.807) is 12.1 Å². The Morgan fingerprint density at radius 2 is 2.07 bits per heavy atom. The van der Waals surface area contributed by atoms with Gasteiger partial charge in [-0.25, -0.2) is 4.79 Å². The van der Waals surface area contributed by atoms with E-state index in [1.807, 2.05) is 6.92 Å². The minimum atomic E-state index is -0.401. The number of halogens is 1. The van der Waals surface area contributed by atoms with Gasteiger partial charge in [0.05, 0.1) is 5.02 Å². The summed E-state index contributed by atoms with van der Waals surface area (Å²) in [6, 6.07) is 5.02. The molecule has 1 amide bonds. The van der Waals surface area contributed by atoms with Crippen molar-refractivity contribution in [2.75, 3.05) is 6.61 Å². The molecule has 3 rings (SSSR count). The van der Waals surface area contributed by atoms with Gasteiger partial charge >= 0.3 is 5.63 Å². The van der Waals surface area contributed by atoms with E-state index in [2.05, 4.69) is 19.2 Å². The zero-order valence-corrected chi connectivity index (χ0v) is 17.5. The third-order valence-corrected chi connectivity index (χ3v) is 6.11. The summed E-state index contributed by atoms with van der Waals surface area (Å²) in [4.78, 5) is 24.2. The number of benzene rings is 1. The lowest BCUT2D eigenvalue weighted by molar-refractivity contribution is -0.124. The molecule has 152 valence electrons. The van der Waals surface area contributed by atoms with Gasteiger partial charge in [0.1, 0.15) is 11.3 Å². The Kier molecular flexibility index (Phi) is 6.65. The van der Waals surface area contributed by atoms with Crippen molar-refractivity contribution >= 4 is 28.5 Å². The van der Waals surface area contributed by atoms with Crippen molar-refractivity contribution in [3.63, 3.8) is 0 Å².